The van der Waals surface area contributed by atoms with Crippen LogP contribution in [0.15, 0.2) is 160 Å². The van der Waals surface area contributed by atoms with Crippen molar-refractivity contribution in [2.75, 3.05) is 19.6 Å². The van der Waals surface area contributed by atoms with Crippen LogP contribution in [0.25, 0.3) is 0 Å². The number of benzene rings is 6. The molecular weight excluding hydrogens is 1460 g/mol. The average Bonchev–Trinajstić information content (AvgIpc) is 0.790. The lowest BCUT2D eigenvalue weighted by Gasteiger charge is -2.21. The quantitative estimate of drug-likeness (QED) is 0.00975. The zero-order chi connectivity index (χ0) is 84.3. The highest BCUT2D eigenvalue weighted by Gasteiger charge is 2.33. The monoisotopic (exact) mass is 1570 g/mol. The number of Topliss-reactive ketones (excluding diaryl/α,β-unsaturated/α-hetero) is 6. The Morgan fingerprint density at radius 2 is 0.412 bits per heavy atom. The van der Waals surface area contributed by atoms with Gasteiger partial charge in [0.05, 0.1) is 0 Å². The summed E-state index contributed by atoms with van der Waals surface area (Å²) < 4.78 is 21.0. The second kappa shape index (κ2) is 39.4. The van der Waals surface area contributed by atoms with Crippen LogP contribution in [-0.4, -0.2) is 151 Å². The maximum absolute atomic E-state index is 14.3. The van der Waals surface area contributed by atoms with Gasteiger partial charge < -0.3 is 60.8 Å². The van der Waals surface area contributed by atoms with E-state index in [1.807, 2.05) is 0 Å². The number of carbonyl (C=O) groups excluding carboxylic acids is 9. The lowest BCUT2D eigenvalue weighted by molar-refractivity contribution is 0.0487. The van der Waals surface area contributed by atoms with Crippen molar-refractivity contribution in [3.05, 3.63) is 244 Å². The molecule has 6 aromatic carbocycles. The first kappa shape index (κ1) is 90.5. The predicted molar refractivity (Wildman–Crippen MR) is 426 cm³/mol. The second-order valence-corrected chi connectivity index (χ2v) is 31.7. The molecule has 612 valence electrons. The number of nitrogens with one attached hydrogen (secondary N) is 3. The average molecular weight is 1570 g/mol. The van der Waals surface area contributed by atoms with Gasteiger partial charge in [-0.05, 0) is 155 Å². The van der Waals surface area contributed by atoms with Gasteiger partial charge in [-0.3, -0.25) is 28.8 Å². The van der Waals surface area contributed by atoms with E-state index in [-0.39, 0.29) is 72.6 Å². The minimum absolute atomic E-state index is 0.0408. The molecule has 9 N–H and O–H groups in total. The van der Waals surface area contributed by atoms with Crippen molar-refractivity contribution in [2.45, 2.75) is 232 Å². The molecule has 7 aromatic rings. The Bertz CT molecular complexity index is 3980. The van der Waals surface area contributed by atoms with Crippen LogP contribution in [-0.2, 0) is 33.8 Å². The Kier molecular flexibility index (Phi) is 31.3. The fourth-order valence-corrected chi connectivity index (χ4v) is 12.5. The zero-order valence-corrected chi connectivity index (χ0v) is 67.0. The molecule has 114 heavy (non-hydrogen) atoms. The molecule has 0 saturated carbocycles. The number of alkyl carbamates (subject to hydrolysis) is 3. The van der Waals surface area contributed by atoms with Gasteiger partial charge in [-0.15, -0.1) is 0 Å². The Morgan fingerprint density at radius 3 is 0.561 bits per heavy atom. The molecule has 0 atom stereocenters. The Balaban J connectivity index is 0.985. The van der Waals surface area contributed by atoms with Crippen molar-refractivity contribution in [1.82, 2.24) is 29.7 Å². The maximum atomic E-state index is 14.3. The number of hydrogen-bond acceptors (Lipinski definition) is 21. The summed E-state index contributed by atoms with van der Waals surface area (Å²) in [4.78, 5) is 160. The summed E-state index contributed by atoms with van der Waals surface area (Å²) in [5.74, 6) is -3.12. The summed E-state index contributed by atoms with van der Waals surface area (Å²) in [5, 5.41) is 70.3. The molecule has 0 aliphatic rings. The number of hydrogen-bond donors (Lipinski definition) is 9. The molecule has 27 heteroatoms. The number of amides is 3. The first-order chi connectivity index (χ1) is 53.4. The molecule has 0 unspecified atom stereocenters. The van der Waals surface area contributed by atoms with E-state index in [1.54, 1.807) is 72.8 Å². The van der Waals surface area contributed by atoms with Gasteiger partial charge in [0.2, 0.25) is 0 Å². The number of carbonyl (C=O) groups is 9. The Labute approximate surface area is 662 Å². The number of ketones is 6. The molecule has 0 radical (unpaired) electrons. The van der Waals surface area contributed by atoms with Crippen molar-refractivity contribution in [3.63, 3.8) is 0 Å². The van der Waals surface area contributed by atoms with Gasteiger partial charge in [0.15, 0.2) is 53.0 Å². The van der Waals surface area contributed by atoms with Crippen LogP contribution in [0, 0.1) is 0 Å². The van der Waals surface area contributed by atoms with E-state index in [9.17, 15) is 88.2 Å². The standard InChI is InChI=1S/C87H108N6O21/c1-82(2,106)70(94)61-37-25-55(26-38-61)67(56-27-39-62(40-28-56)71(95)83(3,4)107)112-76(100)88-49-19-13-16-22-52-91-79(103)92(53-23-17-14-20-50-89-77(101)113-68(57-29-41-63(42-30-57)72(96)84(5,6)108)58-31-43-64(44-32-58)73(97)85(7,8)109)81(105)93(80(91)104)54-24-18-15-21-51-90-78(102)114-69(59-33-45-65(46-34-59)74(98)86(9,10)110)60-35-47-66(48-36-60)75(99)87(11,12)111/h25-48,67-69,106-111H,13-24,49-54H2,1-12H3,(H,88,100)(H,89,101)(H,90,102). The third-order valence-corrected chi connectivity index (χ3v) is 19.0. The highest BCUT2D eigenvalue weighted by atomic mass is 16.6. The van der Waals surface area contributed by atoms with Gasteiger partial charge in [0.1, 0.15) is 33.6 Å². The van der Waals surface area contributed by atoms with Crippen molar-refractivity contribution in [1.29, 1.82) is 0 Å². The van der Waals surface area contributed by atoms with Crippen molar-refractivity contribution in [3.8, 4) is 0 Å². The van der Waals surface area contributed by atoms with Crippen molar-refractivity contribution < 1.29 is 88.0 Å². The number of nitrogens with zero attached hydrogens (tertiary/aromatic N) is 3. The van der Waals surface area contributed by atoms with Crippen LogP contribution in [0.3, 0.4) is 0 Å². The summed E-state index contributed by atoms with van der Waals surface area (Å²) in [6, 6.07) is 37.2. The summed E-state index contributed by atoms with van der Waals surface area (Å²) in [6.45, 7) is 16.8. The maximum Gasteiger partial charge on any atom is 0.408 e. The van der Waals surface area contributed by atoms with E-state index < -0.39 is 122 Å². The van der Waals surface area contributed by atoms with Crippen molar-refractivity contribution in [2.24, 2.45) is 0 Å². The molecule has 7 rings (SSSR count). The summed E-state index contributed by atoms with van der Waals surface area (Å²) >= 11 is 0. The number of rotatable bonds is 42. The molecule has 0 spiro atoms. The number of ether oxygens (including phenoxy) is 3. The van der Waals surface area contributed by atoms with Gasteiger partial charge in [0, 0.05) is 72.6 Å². The van der Waals surface area contributed by atoms with E-state index in [4.69, 9.17) is 14.2 Å². The van der Waals surface area contributed by atoms with Gasteiger partial charge in [-0.25, -0.2) is 42.5 Å². The fourth-order valence-electron chi connectivity index (χ4n) is 12.5. The molecule has 3 amide bonds. The van der Waals surface area contributed by atoms with Gasteiger partial charge in [0.25, 0.3) is 0 Å². The van der Waals surface area contributed by atoms with E-state index in [1.165, 1.54) is 156 Å². The summed E-state index contributed by atoms with van der Waals surface area (Å²) in [7, 11) is 0. The van der Waals surface area contributed by atoms with E-state index in [0.717, 1.165) is 13.7 Å². The highest BCUT2D eigenvalue weighted by Crippen LogP contribution is 2.33. The minimum atomic E-state index is -1.64. The molecule has 0 aliphatic carbocycles. The summed E-state index contributed by atoms with van der Waals surface area (Å²) in [5.41, 5.74) is -8.01. The minimum Gasteiger partial charge on any atom is -0.436 e. The topological polar surface area (TPSA) is 405 Å². The van der Waals surface area contributed by atoms with Crippen LogP contribution in [0.5, 0.6) is 0 Å². The van der Waals surface area contributed by atoms with Crippen LogP contribution < -0.4 is 33.0 Å². The van der Waals surface area contributed by atoms with Crippen molar-refractivity contribution >= 4 is 53.0 Å². The Hall–Kier alpha value is -10.7. The molecule has 0 fully saturated rings. The van der Waals surface area contributed by atoms with E-state index in [0.29, 0.717) is 110 Å². The van der Waals surface area contributed by atoms with Crippen LogP contribution >= 0.6 is 0 Å². The van der Waals surface area contributed by atoms with Gasteiger partial charge >= 0.3 is 35.3 Å². The molecule has 0 aliphatic heterocycles. The molecule has 1 heterocycles. The predicted octanol–water partition coefficient (Wildman–Crippen LogP) is 11.1. The van der Waals surface area contributed by atoms with E-state index in [2.05, 4.69) is 16.0 Å². The third kappa shape index (κ3) is 25.7. The molecule has 0 bridgehead atoms. The van der Waals surface area contributed by atoms with Crippen LogP contribution in [0.1, 0.15) is 274 Å². The lowest BCUT2D eigenvalue weighted by atomic mass is 9.92. The third-order valence-electron chi connectivity index (χ3n) is 19.0. The zero-order valence-electron chi connectivity index (χ0n) is 67.0. The summed E-state index contributed by atoms with van der Waals surface area (Å²) in [6.07, 6.45) is 0.0688. The van der Waals surface area contributed by atoms with Gasteiger partial charge in [-0.2, -0.15) is 0 Å². The lowest BCUT2D eigenvalue weighted by Crippen LogP contribution is -2.54. The highest BCUT2D eigenvalue weighted by molar-refractivity contribution is 6.04. The van der Waals surface area contributed by atoms with Crippen LogP contribution in [0.4, 0.5) is 14.4 Å². The molecule has 27 nitrogen and oxygen atoms in total. The fraction of sp³-hybridized carbons (Fsp3) is 0.448. The first-order valence-electron chi connectivity index (χ1n) is 38.4. The number of unbranched alkanes of at least 4 members (excludes halogenated alkanes) is 9. The first-order valence-corrected chi connectivity index (χ1v) is 38.4. The number of aromatic nitrogens is 3. The number of aliphatic hydroxyl groups is 6. The van der Waals surface area contributed by atoms with Crippen LogP contribution in [0.2, 0.25) is 0 Å². The largest absolute Gasteiger partial charge is 0.436 e. The molecule has 1 aromatic heterocycles. The normalized spacial score (nSPS) is 12.2. The smallest absolute Gasteiger partial charge is 0.408 e. The molecular formula is C87H108N6O21. The molecule has 0 saturated heterocycles. The van der Waals surface area contributed by atoms with E-state index >= 15 is 0 Å². The van der Waals surface area contributed by atoms with Gasteiger partial charge in [-0.1, -0.05) is 184 Å². The Morgan fingerprint density at radius 1 is 0.263 bits per heavy atom. The SMILES string of the molecule is CC(C)(O)C(=O)c1ccc(C(OC(=O)NCCCCCCn2c(=O)n(CCCCCCNC(=O)OC(c3ccc(C(=O)C(C)(C)O)cc3)c3ccc(C(=O)C(C)(C)O)cc3)c(=O)n(CCCCCCNC(=O)OC(c3ccc(C(=O)C(C)(C)O)cc3)c3ccc(C(=O)C(C)(C)O)cc3)c2=O)c2ccc(C(=O)C(C)(C)O)cc2)cc1. The second-order valence-electron chi connectivity index (χ2n) is 31.7.